The van der Waals surface area contributed by atoms with E-state index in [0.29, 0.717) is 0 Å². The summed E-state index contributed by atoms with van der Waals surface area (Å²) < 4.78 is 0. The maximum atomic E-state index is 3.67. The summed E-state index contributed by atoms with van der Waals surface area (Å²) in [5.74, 6) is 1.82. The molecule has 0 saturated heterocycles. The molecule has 1 rings (SSSR count). The van der Waals surface area contributed by atoms with E-state index in [1.54, 1.807) is 0 Å². The van der Waals surface area contributed by atoms with E-state index in [4.69, 9.17) is 0 Å². The number of rotatable bonds is 4. The van der Waals surface area contributed by atoms with E-state index in [2.05, 4.69) is 26.1 Å². The lowest BCUT2D eigenvalue weighted by Gasteiger charge is -2.27. The van der Waals surface area contributed by atoms with Gasteiger partial charge in [-0.25, -0.2) is 0 Å². The zero-order valence-corrected chi connectivity index (χ0v) is 9.47. The van der Waals surface area contributed by atoms with E-state index in [-0.39, 0.29) is 0 Å². The smallest absolute Gasteiger partial charge is 0.00672 e. The summed E-state index contributed by atoms with van der Waals surface area (Å²) >= 11 is 0. The molecule has 0 heterocycles. The van der Waals surface area contributed by atoms with Gasteiger partial charge in [-0.05, 0) is 50.5 Å². The second-order valence-corrected chi connectivity index (χ2v) is 5.09. The predicted octanol–water partition coefficient (Wildman–Crippen LogP) is 3.20. The highest BCUT2D eigenvalue weighted by Gasteiger charge is 2.16. The van der Waals surface area contributed by atoms with Gasteiger partial charge >= 0.3 is 0 Å². The largest absolute Gasteiger partial charge is 0.314 e. The minimum Gasteiger partial charge on any atom is -0.314 e. The molecule has 0 aromatic carbocycles. The second-order valence-electron chi connectivity index (χ2n) is 5.09. The molecule has 0 amide bonds. The fourth-order valence-electron chi connectivity index (χ4n) is 2.04. The summed E-state index contributed by atoms with van der Waals surface area (Å²) in [6.07, 6.45) is 6.99. The Labute approximate surface area is 83.3 Å². The fourth-order valence-corrected chi connectivity index (χ4v) is 2.04. The molecule has 0 bridgehead atoms. The molecule has 1 nitrogen and oxygen atoms in total. The summed E-state index contributed by atoms with van der Waals surface area (Å²) in [6, 6.07) is 0.829. The minimum atomic E-state index is 0.829. The summed E-state index contributed by atoms with van der Waals surface area (Å²) in [4.78, 5) is 0. The van der Waals surface area contributed by atoms with Crippen molar-refractivity contribution in [2.45, 2.75) is 58.9 Å². The maximum Gasteiger partial charge on any atom is 0.00672 e. The highest BCUT2D eigenvalue weighted by molar-refractivity contribution is 4.75. The Hall–Kier alpha value is -0.0400. The van der Waals surface area contributed by atoms with Crippen molar-refractivity contribution in [3.63, 3.8) is 0 Å². The molecule has 0 aliphatic heterocycles. The normalized spacial score (nSPS) is 29.5. The fraction of sp³-hybridized carbons (Fsp3) is 1.00. The Morgan fingerprint density at radius 3 is 2.31 bits per heavy atom. The third-order valence-electron chi connectivity index (χ3n) is 3.17. The van der Waals surface area contributed by atoms with Gasteiger partial charge in [-0.2, -0.15) is 0 Å². The van der Waals surface area contributed by atoms with Gasteiger partial charge in [-0.3, -0.25) is 0 Å². The molecule has 78 valence electrons. The standard InChI is InChI=1S/C12H25N/c1-10(2)8-9-13-12-6-4-11(3)5-7-12/h10-13H,4-9H2,1-3H3/t11-,12-. The molecule has 1 aliphatic rings. The molecule has 1 aliphatic carbocycles. The highest BCUT2D eigenvalue weighted by Crippen LogP contribution is 2.23. The molecule has 1 fully saturated rings. The second kappa shape index (κ2) is 5.64. The topological polar surface area (TPSA) is 12.0 Å². The van der Waals surface area contributed by atoms with E-state index in [1.165, 1.54) is 38.6 Å². The number of nitrogens with one attached hydrogen (secondary N) is 1. The quantitative estimate of drug-likeness (QED) is 0.706. The van der Waals surface area contributed by atoms with Crippen LogP contribution in [0.3, 0.4) is 0 Å². The molecular weight excluding hydrogens is 158 g/mol. The van der Waals surface area contributed by atoms with Crippen LogP contribution < -0.4 is 5.32 Å². The first-order valence-electron chi connectivity index (χ1n) is 5.92. The molecule has 1 N–H and O–H groups in total. The lowest BCUT2D eigenvalue weighted by atomic mass is 9.87. The van der Waals surface area contributed by atoms with Crippen LogP contribution in [0.1, 0.15) is 52.9 Å². The monoisotopic (exact) mass is 183 g/mol. The highest BCUT2D eigenvalue weighted by atomic mass is 14.9. The molecule has 0 atom stereocenters. The first kappa shape index (κ1) is 11.0. The first-order chi connectivity index (χ1) is 6.18. The van der Waals surface area contributed by atoms with Gasteiger partial charge in [0.1, 0.15) is 0 Å². The Morgan fingerprint density at radius 2 is 1.77 bits per heavy atom. The van der Waals surface area contributed by atoms with Crippen LogP contribution in [-0.2, 0) is 0 Å². The van der Waals surface area contributed by atoms with Crippen molar-refractivity contribution >= 4 is 0 Å². The van der Waals surface area contributed by atoms with Gasteiger partial charge in [0, 0.05) is 6.04 Å². The zero-order valence-electron chi connectivity index (χ0n) is 9.47. The molecule has 0 radical (unpaired) electrons. The predicted molar refractivity (Wildman–Crippen MR) is 58.9 cm³/mol. The van der Waals surface area contributed by atoms with E-state index >= 15 is 0 Å². The van der Waals surface area contributed by atoms with Crippen LogP contribution in [0.15, 0.2) is 0 Å². The van der Waals surface area contributed by atoms with Gasteiger partial charge in [-0.15, -0.1) is 0 Å². The summed E-state index contributed by atoms with van der Waals surface area (Å²) in [5, 5.41) is 3.67. The Balaban J connectivity index is 2.02. The van der Waals surface area contributed by atoms with E-state index < -0.39 is 0 Å². The van der Waals surface area contributed by atoms with Crippen molar-refractivity contribution in [1.29, 1.82) is 0 Å². The van der Waals surface area contributed by atoms with Gasteiger partial charge in [0.25, 0.3) is 0 Å². The Kier molecular flexibility index (Phi) is 4.79. The Bertz CT molecular complexity index is 123. The van der Waals surface area contributed by atoms with Crippen LogP contribution >= 0.6 is 0 Å². The molecule has 0 aromatic rings. The number of hydrogen-bond donors (Lipinski definition) is 1. The SMILES string of the molecule is CC(C)CCN[C@H]1CC[C@H](C)CC1. The molecule has 0 aromatic heterocycles. The first-order valence-corrected chi connectivity index (χ1v) is 5.92. The van der Waals surface area contributed by atoms with Crippen LogP contribution in [0.2, 0.25) is 0 Å². The van der Waals surface area contributed by atoms with Gasteiger partial charge in [0.15, 0.2) is 0 Å². The summed E-state index contributed by atoms with van der Waals surface area (Å²) in [6.45, 7) is 8.19. The average molecular weight is 183 g/mol. The van der Waals surface area contributed by atoms with Crippen LogP contribution in [0, 0.1) is 11.8 Å². The van der Waals surface area contributed by atoms with Crippen molar-refractivity contribution in [3.05, 3.63) is 0 Å². The van der Waals surface area contributed by atoms with Crippen LogP contribution in [-0.4, -0.2) is 12.6 Å². The van der Waals surface area contributed by atoms with Crippen LogP contribution in [0.4, 0.5) is 0 Å². The lowest BCUT2D eigenvalue weighted by Crippen LogP contribution is -2.33. The molecule has 0 spiro atoms. The molecule has 1 heteroatoms. The van der Waals surface area contributed by atoms with Gasteiger partial charge in [0.05, 0.1) is 0 Å². The van der Waals surface area contributed by atoms with Crippen molar-refractivity contribution in [3.8, 4) is 0 Å². The third-order valence-corrected chi connectivity index (χ3v) is 3.17. The lowest BCUT2D eigenvalue weighted by molar-refractivity contribution is 0.303. The van der Waals surface area contributed by atoms with E-state index in [0.717, 1.165) is 17.9 Å². The third kappa shape index (κ3) is 4.66. The zero-order chi connectivity index (χ0) is 9.68. The summed E-state index contributed by atoms with van der Waals surface area (Å²) in [7, 11) is 0. The number of hydrogen-bond acceptors (Lipinski definition) is 1. The molecular formula is C12H25N. The molecule has 13 heavy (non-hydrogen) atoms. The van der Waals surface area contributed by atoms with Crippen molar-refractivity contribution < 1.29 is 0 Å². The van der Waals surface area contributed by atoms with E-state index in [1.807, 2.05) is 0 Å². The van der Waals surface area contributed by atoms with Gasteiger partial charge in [-0.1, -0.05) is 20.8 Å². The molecule has 0 unspecified atom stereocenters. The van der Waals surface area contributed by atoms with Crippen LogP contribution in [0.5, 0.6) is 0 Å². The average Bonchev–Trinajstić information content (AvgIpc) is 2.08. The van der Waals surface area contributed by atoms with Crippen molar-refractivity contribution in [2.24, 2.45) is 11.8 Å². The van der Waals surface area contributed by atoms with E-state index in [9.17, 15) is 0 Å². The van der Waals surface area contributed by atoms with Gasteiger partial charge < -0.3 is 5.32 Å². The van der Waals surface area contributed by atoms with Crippen molar-refractivity contribution in [1.82, 2.24) is 5.32 Å². The Morgan fingerprint density at radius 1 is 1.15 bits per heavy atom. The van der Waals surface area contributed by atoms with Crippen molar-refractivity contribution in [2.75, 3.05) is 6.54 Å². The van der Waals surface area contributed by atoms with Gasteiger partial charge in [0.2, 0.25) is 0 Å². The molecule has 1 saturated carbocycles. The maximum absolute atomic E-state index is 3.67. The summed E-state index contributed by atoms with van der Waals surface area (Å²) in [5.41, 5.74) is 0. The minimum absolute atomic E-state index is 0.829. The van der Waals surface area contributed by atoms with Crippen LogP contribution in [0.25, 0.3) is 0 Å².